The molecule has 174 valence electrons. The number of hydrogen-bond acceptors (Lipinski definition) is 4. The summed E-state index contributed by atoms with van der Waals surface area (Å²) in [5.41, 5.74) is 4.48. The van der Waals surface area contributed by atoms with Crippen molar-refractivity contribution in [2.24, 2.45) is 0 Å². The van der Waals surface area contributed by atoms with Crippen LogP contribution < -0.4 is 15.0 Å². The van der Waals surface area contributed by atoms with Gasteiger partial charge < -0.3 is 19.7 Å². The van der Waals surface area contributed by atoms with Crippen molar-refractivity contribution in [3.63, 3.8) is 0 Å². The van der Waals surface area contributed by atoms with Gasteiger partial charge >= 0.3 is 0 Å². The highest BCUT2D eigenvalue weighted by Crippen LogP contribution is 2.22. The minimum Gasteiger partial charge on any atom is -0.489 e. The molecule has 1 fully saturated rings. The fourth-order valence-electron chi connectivity index (χ4n) is 4.17. The molecule has 1 aromatic heterocycles. The van der Waals surface area contributed by atoms with E-state index in [9.17, 15) is 4.79 Å². The van der Waals surface area contributed by atoms with Crippen molar-refractivity contribution >= 4 is 16.9 Å². The van der Waals surface area contributed by atoms with Crippen molar-refractivity contribution in [1.82, 2.24) is 14.9 Å². The molecule has 34 heavy (non-hydrogen) atoms. The average molecular weight is 458 g/mol. The zero-order valence-electron chi connectivity index (χ0n) is 19.1. The number of quaternary nitrogens is 1. The number of carbonyl (C=O) groups excluding carboxylic acids is 1. The number of imidazole rings is 1. The van der Waals surface area contributed by atoms with E-state index < -0.39 is 0 Å². The van der Waals surface area contributed by atoms with Gasteiger partial charge in [-0.2, -0.15) is 0 Å². The minimum atomic E-state index is -0.0657. The Morgan fingerprint density at radius 3 is 2.62 bits per heavy atom. The Bertz CT molecular complexity index is 1230. The van der Waals surface area contributed by atoms with Gasteiger partial charge in [0.1, 0.15) is 31.8 Å². The maximum atomic E-state index is 12.6. The Morgan fingerprint density at radius 1 is 1.03 bits per heavy atom. The van der Waals surface area contributed by atoms with Crippen LogP contribution in [0, 0.1) is 0 Å². The third-order valence-electron chi connectivity index (χ3n) is 6.14. The second-order valence-corrected chi connectivity index (χ2v) is 8.45. The molecule has 5 rings (SSSR count). The second-order valence-electron chi connectivity index (χ2n) is 8.45. The zero-order chi connectivity index (χ0) is 23.2. The lowest BCUT2D eigenvalue weighted by atomic mass is 10.2. The summed E-state index contributed by atoms with van der Waals surface area (Å²) in [5, 5.41) is 3.03. The summed E-state index contributed by atoms with van der Waals surface area (Å²) >= 11 is 0. The van der Waals surface area contributed by atoms with Crippen molar-refractivity contribution in [2.45, 2.75) is 6.61 Å². The molecule has 2 heterocycles. The Balaban J connectivity index is 1.21. The van der Waals surface area contributed by atoms with Crippen molar-refractivity contribution in [3.8, 4) is 11.4 Å². The van der Waals surface area contributed by atoms with E-state index in [1.54, 1.807) is 6.33 Å². The molecule has 1 amide bonds. The summed E-state index contributed by atoms with van der Waals surface area (Å²) in [7, 11) is 0. The van der Waals surface area contributed by atoms with Crippen LogP contribution in [0.1, 0.15) is 15.9 Å². The van der Waals surface area contributed by atoms with E-state index in [-0.39, 0.29) is 5.91 Å². The highest BCUT2D eigenvalue weighted by molar-refractivity contribution is 5.97. The fourth-order valence-corrected chi connectivity index (χ4v) is 4.17. The highest BCUT2D eigenvalue weighted by Gasteiger charge is 2.15. The summed E-state index contributed by atoms with van der Waals surface area (Å²) in [5.74, 6) is 0.749. The lowest BCUT2D eigenvalue weighted by Crippen LogP contribution is -3.14. The maximum Gasteiger partial charge on any atom is 0.251 e. The Morgan fingerprint density at radius 2 is 1.82 bits per heavy atom. The van der Waals surface area contributed by atoms with E-state index in [0.29, 0.717) is 18.7 Å². The van der Waals surface area contributed by atoms with Crippen LogP contribution >= 0.6 is 0 Å². The van der Waals surface area contributed by atoms with E-state index in [2.05, 4.69) is 10.3 Å². The van der Waals surface area contributed by atoms with Crippen LogP contribution in [0.15, 0.2) is 79.1 Å². The van der Waals surface area contributed by atoms with Gasteiger partial charge in [-0.05, 0) is 48.0 Å². The summed E-state index contributed by atoms with van der Waals surface area (Å²) in [6.45, 7) is 5.69. The van der Waals surface area contributed by atoms with Gasteiger partial charge in [-0.15, -0.1) is 0 Å². The van der Waals surface area contributed by atoms with Crippen LogP contribution in [0.2, 0.25) is 0 Å². The standard InChI is InChI=1S/C27H28N4O3/c32-27(28-12-13-30-14-16-33-17-15-30)22-6-11-26-25(18-22)29-20-31(26)23-7-9-24(10-8-23)34-19-21-4-2-1-3-5-21/h1-11,18,20H,12-17,19H2,(H,28,32)/p+1. The molecule has 4 aromatic rings. The van der Waals surface area contributed by atoms with Gasteiger partial charge in [-0.25, -0.2) is 4.98 Å². The minimum absolute atomic E-state index is 0.0657. The molecule has 0 radical (unpaired) electrons. The average Bonchev–Trinajstić information content (AvgIpc) is 3.32. The quantitative estimate of drug-likeness (QED) is 0.426. The van der Waals surface area contributed by atoms with E-state index in [1.165, 1.54) is 4.90 Å². The van der Waals surface area contributed by atoms with Gasteiger partial charge in [-0.1, -0.05) is 30.3 Å². The van der Waals surface area contributed by atoms with Crippen LogP contribution in [0.25, 0.3) is 16.7 Å². The van der Waals surface area contributed by atoms with Crippen molar-refractivity contribution in [3.05, 3.63) is 90.3 Å². The molecule has 0 spiro atoms. The number of amides is 1. The summed E-state index contributed by atoms with van der Waals surface area (Å²) < 4.78 is 13.3. The van der Waals surface area contributed by atoms with E-state index >= 15 is 0 Å². The monoisotopic (exact) mass is 457 g/mol. The van der Waals surface area contributed by atoms with Gasteiger partial charge in [0.15, 0.2) is 0 Å². The molecule has 0 saturated carbocycles. The summed E-state index contributed by atoms with van der Waals surface area (Å²) in [6, 6.07) is 23.7. The van der Waals surface area contributed by atoms with Gasteiger partial charge in [0.25, 0.3) is 5.91 Å². The number of ether oxygens (including phenoxy) is 2. The van der Waals surface area contributed by atoms with Crippen LogP contribution in [0.5, 0.6) is 5.75 Å². The predicted octanol–water partition coefficient (Wildman–Crippen LogP) is 2.25. The Kier molecular flexibility index (Phi) is 6.84. The number of nitrogens with one attached hydrogen (secondary N) is 2. The second kappa shape index (κ2) is 10.5. The molecule has 2 N–H and O–H groups in total. The fraction of sp³-hybridized carbons (Fsp3) is 0.259. The molecule has 0 aliphatic carbocycles. The number of rotatable bonds is 8. The maximum absolute atomic E-state index is 12.6. The number of hydrogen-bond donors (Lipinski definition) is 2. The van der Waals surface area contributed by atoms with Gasteiger partial charge in [0.2, 0.25) is 0 Å². The SMILES string of the molecule is O=C(NCC[NH+]1CCOCC1)c1ccc2c(c1)ncn2-c1ccc(OCc2ccccc2)cc1. The van der Waals surface area contributed by atoms with Gasteiger partial charge in [0, 0.05) is 11.3 Å². The molecule has 1 aliphatic rings. The summed E-state index contributed by atoms with van der Waals surface area (Å²) in [4.78, 5) is 18.6. The molecule has 7 heteroatoms. The van der Waals surface area contributed by atoms with Crippen molar-refractivity contribution < 1.29 is 19.2 Å². The van der Waals surface area contributed by atoms with Gasteiger partial charge in [-0.3, -0.25) is 9.36 Å². The molecular weight excluding hydrogens is 428 g/mol. The predicted molar refractivity (Wildman–Crippen MR) is 131 cm³/mol. The lowest BCUT2D eigenvalue weighted by Gasteiger charge is -2.23. The normalized spacial score (nSPS) is 14.2. The smallest absolute Gasteiger partial charge is 0.251 e. The first-order chi connectivity index (χ1) is 16.8. The number of benzene rings is 3. The van der Waals surface area contributed by atoms with Crippen molar-refractivity contribution in [1.29, 1.82) is 0 Å². The van der Waals surface area contributed by atoms with Crippen LogP contribution in [-0.4, -0.2) is 54.9 Å². The number of carbonyl (C=O) groups is 1. The van der Waals surface area contributed by atoms with Crippen LogP contribution in [-0.2, 0) is 11.3 Å². The first-order valence-corrected chi connectivity index (χ1v) is 11.7. The van der Waals surface area contributed by atoms with Gasteiger partial charge in [0.05, 0.1) is 37.3 Å². The third kappa shape index (κ3) is 5.27. The largest absolute Gasteiger partial charge is 0.489 e. The number of nitrogens with zero attached hydrogens (tertiary/aromatic N) is 2. The zero-order valence-corrected chi connectivity index (χ0v) is 19.1. The third-order valence-corrected chi connectivity index (χ3v) is 6.14. The molecule has 7 nitrogen and oxygen atoms in total. The number of morpholine rings is 1. The Hall–Kier alpha value is -3.68. The van der Waals surface area contributed by atoms with E-state index in [1.807, 2.05) is 77.4 Å². The highest BCUT2D eigenvalue weighted by atomic mass is 16.5. The van der Waals surface area contributed by atoms with E-state index in [0.717, 1.165) is 60.9 Å². The molecule has 0 unspecified atom stereocenters. The molecule has 1 saturated heterocycles. The lowest BCUT2D eigenvalue weighted by molar-refractivity contribution is -0.906. The number of aromatic nitrogens is 2. The topological polar surface area (TPSA) is 69.8 Å². The van der Waals surface area contributed by atoms with E-state index in [4.69, 9.17) is 9.47 Å². The first kappa shape index (κ1) is 22.1. The van der Waals surface area contributed by atoms with Crippen LogP contribution in [0.3, 0.4) is 0 Å². The summed E-state index contributed by atoms with van der Waals surface area (Å²) in [6.07, 6.45) is 1.79. The first-order valence-electron chi connectivity index (χ1n) is 11.7. The molecule has 3 aromatic carbocycles. The molecular formula is C27H29N4O3+. The Labute approximate surface area is 198 Å². The van der Waals surface area contributed by atoms with Crippen molar-refractivity contribution in [2.75, 3.05) is 39.4 Å². The molecule has 0 bridgehead atoms. The molecule has 1 aliphatic heterocycles. The number of fused-ring (bicyclic) bond motifs is 1. The van der Waals surface area contributed by atoms with Crippen LogP contribution in [0.4, 0.5) is 0 Å². The molecule has 0 atom stereocenters.